The third-order valence-corrected chi connectivity index (χ3v) is 5.35. The van der Waals surface area contributed by atoms with Crippen molar-refractivity contribution in [2.45, 2.75) is 25.9 Å². The molecule has 0 aliphatic carbocycles. The maximum absolute atomic E-state index is 13.9. The highest BCUT2D eigenvalue weighted by Crippen LogP contribution is 2.27. The number of amides is 1. The lowest BCUT2D eigenvalue weighted by atomic mass is 10.1. The lowest BCUT2D eigenvalue weighted by Gasteiger charge is -2.34. The number of piperidine rings is 1. The number of benzene rings is 2. The Bertz CT molecular complexity index is 789. The summed E-state index contributed by atoms with van der Waals surface area (Å²) in [6.45, 7) is 3.58. The average Bonchev–Trinajstić information content (AvgIpc) is 2.58. The van der Waals surface area contributed by atoms with E-state index in [2.05, 4.69) is 20.8 Å². The third kappa shape index (κ3) is 4.12. The van der Waals surface area contributed by atoms with Crippen LogP contribution >= 0.6 is 15.9 Å². The topological polar surface area (TPSA) is 55.6 Å². The molecule has 1 saturated heterocycles. The summed E-state index contributed by atoms with van der Waals surface area (Å²) in [4.78, 5) is 13.2. The molecule has 132 valence electrons. The molecule has 0 atom stereocenters. The number of anilines is 1. The predicted molar refractivity (Wildman–Crippen MR) is 99.7 cm³/mol. The number of hydrogen-bond donors (Lipinski definition) is 1. The van der Waals surface area contributed by atoms with Gasteiger partial charge in [-0.1, -0.05) is 15.9 Å². The number of aryl methyl sites for hydroxylation is 1. The predicted octanol–water partition coefficient (Wildman–Crippen LogP) is 4.04. The Balaban J connectivity index is 1.61. The molecule has 0 saturated carbocycles. The van der Waals surface area contributed by atoms with Gasteiger partial charge in [0.15, 0.2) is 0 Å². The van der Waals surface area contributed by atoms with Crippen LogP contribution in [0.3, 0.4) is 0 Å². The molecular weight excluding hydrogens is 387 g/mol. The molecule has 4 nitrogen and oxygen atoms in total. The highest BCUT2D eigenvalue weighted by Gasteiger charge is 2.22. The fourth-order valence-corrected chi connectivity index (χ4v) is 3.26. The summed E-state index contributed by atoms with van der Waals surface area (Å²) < 4.78 is 21.1. The first-order valence-corrected chi connectivity index (χ1v) is 9.00. The molecule has 0 bridgehead atoms. The summed E-state index contributed by atoms with van der Waals surface area (Å²) >= 11 is 3.49. The second-order valence-corrected chi connectivity index (χ2v) is 7.10. The first-order valence-electron chi connectivity index (χ1n) is 8.21. The van der Waals surface area contributed by atoms with Gasteiger partial charge in [-0.3, -0.25) is 4.79 Å². The van der Waals surface area contributed by atoms with Crippen LogP contribution in [-0.4, -0.2) is 25.1 Å². The van der Waals surface area contributed by atoms with Crippen LogP contribution in [0, 0.1) is 12.7 Å². The maximum atomic E-state index is 13.9. The second kappa shape index (κ2) is 7.44. The maximum Gasteiger partial charge on any atom is 0.251 e. The van der Waals surface area contributed by atoms with Crippen LogP contribution in [0.25, 0.3) is 0 Å². The van der Waals surface area contributed by atoms with E-state index in [0.29, 0.717) is 0 Å². The number of carbonyl (C=O) groups excluding carboxylic acids is 1. The van der Waals surface area contributed by atoms with Gasteiger partial charge in [-0.05, 0) is 48.9 Å². The highest BCUT2D eigenvalue weighted by molar-refractivity contribution is 9.10. The van der Waals surface area contributed by atoms with Crippen LogP contribution in [0.4, 0.5) is 10.1 Å². The van der Waals surface area contributed by atoms with Gasteiger partial charge >= 0.3 is 0 Å². The molecule has 1 fully saturated rings. The van der Waals surface area contributed by atoms with Crippen molar-refractivity contribution < 1.29 is 13.9 Å². The van der Waals surface area contributed by atoms with E-state index in [4.69, 9.17) is 10.5 Å². The van der Waals surface area contributed by atoms with Gasteiger partial charge in [0.2, 0.25) is 0 Å². The standard InChI is InChI=1S/C19H20BrFN2O2/c1-12-10-15(3-5-17(12)20)25-14-6-8-23(9-7-14)13-2-4-16(19(22)24)18(21)11-13/h2-5,10-11,14H,6-9H2,1H3,(H2,22,24). The van der Waals surface area contributed by atoms with Crippen LogP contribution in [0.2, 0.25) is 0 Å². The van der Waals surface area contributed by atoms with Gasteiger partial charge in [0.05, 0.1) is 5.56 Å². The summed E-state index contributed by atoms with van der Waals surface area (Å²) in [6, 6.07) is 10.5. The van der Waals surface area contributed by atoms with Crippen molar-refractivity contribution >= 4 is 27.5 Å². The summed E-state index contributed by atoms with van der Waals surface area (Å²) in [5, 5.41) is 0. The first-order chi connectivity index (χ1) is 11.9. The van der Waals surface area contributed by atoms with Gasteiger partial charge in [-0.25, -0.2) is 4.39 Å². The monoisotopic (exact) mass is 406 g/mol. The van der Waals surface area contributed by atoms with Crippen molar-refractivity contribution in [1.29, 1.82) is 0 Å². The fraction of sp³-hybridized carbons (Fsp3) is 0.316. The SMILES string of the molecule is Cc1cc(OC2CCN(c3ccc(C(N)=O)c(F)c3)CC2)ccc1Br. The third-order valence-electron chi connectivity index (χ3n) is 4.46. The van der Waals surface area contributed by atoms with E-state index in [1.807, 2.05) is 25.1 Å². The molecule has 0 spiro atoms. The summed E-state index contributed by atoms with van der Waals surface area (Å²) in [7, 11) is 0. The van der Waals surface area contributed by atoms with Gasteiger partial charge in [0, 0.05) is 36.1 Å². The first kappa shape index (κ1) is 17.7. The largest absolute Gasteiger partial charge is 0.490 e. The van der Waals surface area contributed by atoms with Crippen molar-refractivity contribution in [3.8, 4) is 5.75 Å². The van der Waals surface area contributed by atoms with E-state index in [0.717, 1.165) is 47.4 Å². The Morgan fingerprint density at radius 1 is 1.24 bits per heavy atom. The zero-order chi connectivity index (χ0) is 18.0. The van der Waals surface area contributed by atoms with Crippen molar-refractivity contribution in [3.63, 3.8) is 0 Å². The van der Waals surface area contributed by atoms with Crippen molar-refractivity contribution in [2.75, 3.05) is 18.0 Å². The number of nitrogens with two attached hydrogens (primary N) is 1. The number of hydrogen-bond acceptors (Lipinski definition) is 3. The molecule has 2 aromatic carbocycles. The minimum Gasteiger partial charge on any atom is -0.490 e. The van der Waals surface area contributed by atoms with E-state index in [9.17, 15) is 9.18 Å². The number of rotatable bonds is 4. The normalized spacial score (nSPS) is 15.2. The van der Waals surface area contributed by atoms with Gasteiger partial charge in [-0.15, -0.1) is 0 Å². The van der Waals surface area contributed by atoms with Crippen LogP contribution in [-0.2, 0) is 0 Å². The number of halogens is 2. The van der Waals surface area contributed by atoms with Crippen molar-refractivity contribution in [3.05, 3.63) is 57.8 Å². The zero-order valence-corrected chi connectivity index (χ0v) is 15.6. The zero-order valence-electron chi connectivity index (χ0n) is 14.0. The van der Waals surface area contributed by atoms with Gasteiger partial charge in [0.1, 0.15) is 17.7 Å². The van der Waals surface area contributed by atoms with Gasteiger partial charge in [-0.2, -0.15) is 0 Å². The van der Waals surface area contributed by atoms with Crippen LogP contribution < -0.4 is 15.4 Å². The number of ether oxygens (including phenoxy) is 1. The minimum atomic E-state index is -0.749. The van der Waals surface area contributed by atoms with Crippen LogP contribution in [0.5, 0.6) is 5.75 Å². The molecule has 25 heavy (non-hydrogen) atoms. The number of primary amides is 1. The molecule has 6 heteroatoms. The van der Waals surface area contributed by atoms with Gasteiger partial charge in [0.25, 0.3) is 5.91 Å². The molecule has 3 rings (SSSR count). The quantitative estimate of drug-likeness (QED) is 0.833. The molecular formula is C19H20BrFN2O2. The Morgan fingerprint density at radius 2 is 1.96 bits per heavy atom. The van der Waals surface area contributed by atoms with Gasteiger partial charge < -0.3 is 15.4 Å². The molecule has 1 aliphatic heterocycles. The molecule has 0 aromatic heterocycles. The number of nitrogens with zero attached hydrogens (tertiary/aromatic N) is 1. The molecule has 0 radical (unpaired) electrons. The Labute approximate surface area is 154 Å². The summed E-state index contributed by atoms with van der Waals surface area (Å²) in [5.41, 5.74) is 6.97. The Kier molecular flexibility index (Phi) is 5.27. The molecule has 2 aromatic rings. The molecule has 0 unspecified atom stereocenters. The van der Waals surface area contributed by atoms with E-state index >= 15 is 0 Å². The number of carbonyl (C=O) groups is 1. The lowest BCUT2D eigenvalue weighted by molar-refractivity contribution is 0.0996. The fourth-order valence-electron chi connectivity index (χ4n) is 3.02. The van der Waals surface area contributed by atoms with Crippen molar-refractivity contribution in [2.24, 2.45) is 5.73 Å². The summed E-state index contributed by atoms with van der Waals surface area (Å²) in [6.07, 6.45) is 1.86. The highest BCUT2D eigenvalue weighted by atomic mass is 79.9. The van der Waals surface area contributed by atoms with Crippen LogP contribution in [0.15, 0.2) is 40.9 Å². The second-order valence-electron chi connectivity index (χ2n) is 6.24. The van der Waals surface area contributed by atoms with E-state index in [-0.39, 0.29) is 11.7 Å². The van der Waals surface area contributed by atoms with E-state index < -0.39 is 11.7 Å². The average molecular weight is 407 g/mol. The Morgan fingerprint density at radius 3 is 2.56 bits per heavy atom. The van der Waals surface area contributed by atoms with E-state index in [1.165, 1.54) is 12.1 Å². The summed E-state index contributed by atoms with van der Waals surface area (Å²) in [5.74, 6) is -0.453. The van der Waals surface area contributed by atoms with Crippen molar-refractivity contribution in [1.82, 2.24) is 0 Å². The molecule has 1 amide bonds. The molecule has 1 aliphatic rings. The minimum absolute atomic E-state index is 0.0763. The smallest absolute Gasteiger partial charge is 0.251 e. The molecule has 2 N–H and O–H groups in total. The Hall–Kier alpha value is -2.08. The molecule has 1 heterocycles. The lowest BCUT2D eigenvalue weighted by Crippen LogP contribution is -2.38. The van der Waals surface area contributed by atoms with E-state index in [1.54, 1.807) is 6.07 Å². The van der Waals surface area contributed by atoms with Crippen LogP contribution in [0.1, 0.15) is 28.8 Å².